The molecule has 0 amide bonds. The van der Waals surface area contributed by atoms with Gasteiger partial charge in [-0.1, -0.05) is 30.3 Å². The van der Waals surface area contributed by atoms with Gasteiger partial charge in [0, 0.05) is 31.7 Å². The van der Waals surface area contributed by atoms with Gasteiger partial charge in [-0.05, 0) is 43.0 Å². The fourth-order valence-corrected chi connectivity index (χ4v) is 4.89. The highest BCUT2D eigenvalue weighted by Gasteiger charge is 2.31. The smallest absolute Gasteiger partial charge is 0.282 e. The molecular formula is C20H25FN2O3S. The van der Waals surface area contributed by atoms with Crippen molar-refractivity contribution in [3.8, 4) is 5.75 Å². The van der Waals surface area contributed by atoms with E-state index in [9.17, 15) is 12.8 Å². The Hall–Kier alpha value is -1.96. The van der Waals surface area contributed by atoms with Gasteiger partial charge in [0.05, 0.1) is 7.11 Å². The van der Waals surface area contributed by atoms with Gasteiger partial charge in [0.1, 0.15) is 11.6 Å². The molecule has 1 aliphatic heterocycles. The standard InChI is InChI=1S/C20H25FN2O3S/c1-26-19-10-8-17(9-11-19)12-15-23(16-18-6-2-3-7-20(18)21)27(24,25)22-13-4-5-14-22/h2-3,6-11H,4-5,12-16H2,1H3. The monoisotopic (exact) mass is 392 g/mol. The van der Waals surface area contributed by atoms with Crippen LogP contribution < -0.4 is 4.74 Å². The molecule has 1 heterocycles. The molecule has 0 N–H and O–H groups in total. The second kappa shape index (κ2) is 8.82. The van der Waals surface area contributed by atoms with Crippen molar-refractivity contribution in [3.05, 3.63) is 65.5 Å². The van der Waals surface area contributed by atoms with Gasteiger partial charge < -0.3 is 4.74 Å². The third kappa shape index (κ3) is 4.86. The second-order valence-corrected chi connectivity index (χ2v) is 8.57. The molecule has 2 aromatic carbocycles. The van der Waals surface area contributed by atoms with Gasteiger partial charge in [-0.3, -0.25) is 0 Å². The molecule has 5 nitrogen and oxygen atoms in total. The average molecular weight is 392 g/mol. The second-order valence-electron chi connectivity index (χ2n) is 6.64. The van der Waals surface area contributed by atoms with Crippen LogP contribution in [0.25, 0.3) is 0 Å². The summed E-state index contributed by atoms with van der Waals surface area (Å²) in [5, 5.41) is 0. The Balaban J connectivity index is 1.79. The molecule has 0 bridgehead atoms. The summed E-state index contributed by atoms with van der Waals surface area (Å²) < 4.78 is 48.3. The van der Waals surface area contributed by atoms with Gasteiger partial charge in [-0.25, -0.2) is 4.39 Å². The van der Waals surface area contributed by atoms with Gasteiger partial charge in [0.25, 0.3) is 10.2 Å². The summed E-state index contributed by atoms with van der Waals surface area (Å²) in [5.74, 6) is 0.371. The van der Waals surface area contributed by atoms with Crippen LogP contribution in [-0.2, 0) is 23.2 Å². The normalized spacial score (nSPS) is 15.4. The SMILES string of the molecule is COc1ccc(CCN(Cc2ccccc2F)S(=O)(=O)N2CCCC2)cc1. The van der Waals surface area contributed by atoms with E-state index in [0.717, 1.165) is 24.2 Å². The predicted octanol–water partition coefficient (Wildman–Crippen LogP) is 3.22. The zero-order chi connectivity index (χ0) is 19.3. The summed E-state index contributed by atoms with van der Waals surface area (Å²) >= 11 is 0. The van der Waals surface area contributed by atoms with Crippen molar-refractivity contribution in [2.24, 2.45) is 0 Å². The van der Waals surface area contributed by atoms with Gasteiger partial charge in [-0.2, -0.15) is 17.0 Å². The average Bonchev–Trinajstić information content (AvgIpc) is 3.22. The third-order valence-electron chi connectivity index (χ3n) is 4.83. The summed E-state index contributed by atoms with van der Waals surface area (Å²) in [6.07, 6.45) is 2.28. The van der Waals surface area contributed by atoms with E-state index in [2.05, 4.69) is 0 Å². The van der Waals surface area contributed by atoms with Crippen LogP contribution >= 0.6 is 0 Å². The summed E-state index contributed by atoms with van der Waals surface area (Å²) in [5.41, 5.74) is 1.39. The topological polar surface area (TPSA) is 49.9 Å². The van der Waals surface area contributed by atoms with Crippen molar-refractivity contribution in [3.63, 3.8) is 0 Å². The quantitative estimate of drug-likeness (QED) is 0.693. The zero-order valence-electron chi connectivity index (χ0n) is 15.5. The van der Waals surface area contributed by atoms with Crippen LogP contribution in [0.4, 0.5) is 4.39 Å². The Kier molecular flexibility index (Phi) is 6.46. The van der Waals surface area contributed by atoms with E-state index in [-0.39, 0.29) is 12.4 Å². The summed E-state index contributed by atoms with van der Waals surface area (Å²) in [7, 11) is -2.02. The molecule has 1 aliphatic rings. The van der Waals surface area contributed by atoms with Gasteiger partial charge >= 0.3 is 0 Å². The predicted molar refractivity (Wildman–Crippen MR) is 103 cm³/mol. The first-order valence-electron chi connectivity index (χ1n) is 9.12. The van der Waals surface area contributed by atoms with Gasteiger partial charge in [0.15, 0.2) is 0 Å². The van der Waals surface area contributed by atoms with Crippen LogP contribution in [0.1, 0.15) is 24.0 Å². The minimum absolute atomic E-state index is 0.0294. The summed E-state index contributed by atoms with van der Waals surface area (Å²) in [6.45, 7) is 1.37. The Morgan fingerprint density at radius 3 is 2.37 bits per heavy atom. The van der Waals surface area contributed by atoms with Crippen LogP contribution in [0.3, 0.4) is 0 Å². The van der Waals surface area contributed by atoms with Crippen LogP contribution in [-0.4, -0.2) is 43.8 Å². The maximum Gasteiger partial charge on any atom is 0.282 e. The maximum atomic E-state index is 14.1. The van der Waals surface area contributed by atoms with Crippen molar-refractivity contribution < 1.29 is 17.5 Å². The molecule has 0 radical (unpaired) electrons. The number of hydrogen-bond donors (Lipinski definition) is 0. The van der Waals surface area contributed by atoms with Crippen LogP contribution in [0.2, 0.25) is 0 Å². The molecule has 0 aromatic heterocycles. The van der Waals surface area contributed by atoms with Crippen LogP contribution in [0, 0.1) is 5.82 Å². The number of methoxy groups -OCH3 is 1. The molecule has 0 spiro atoms. The van der Waals surface area contributed by atoms with Crippen molar-refractivity contribution in [2.45, 2.75) is 25.8 Å². The van der Waals surface area contributed by atoms with Crippen LogP contribution in [0.5, 0.6) is 5.75 Å². The fraction of sp³-hybridized carbons (Fsp3) is 0.400. The molecule has 7 heteroatoms. The number of halogens is 1. The minimum Gasteiger partial charge on any atom is -0.497 e. The van der Waals surface area contributed by atoms with Crippen molar-refractivity contribution >= 4 is 10.2 Å². The number of benzene rings is 2. The van der Waals surface area contributed by atoms with E-state index in [1.165, 1.54) is 14.7 Å². The highest BCUT2D eigenvalue weighted by Crippen LogP contribution is 2.21. The van der Waals surface area contributed by atoms with Crippen molar-refractivity contribution in [1.82, 2.24) is 8.61 Å². The van der Waals surface area contributed by atoms with E-state index in [1.54, 1.807) is 25.3 Å². The van der Waals surface area contributed by atoms with Crippen molar-refractivity contribution in [2.75, 3.05) is 26.7 Å². The van der Waals surface area contributed by atoms with Crippen LogP contribution in [0.15, 0.2) is 48.5 Å². The Morgan fingerprint density at radius 1 is 1.07 bits per heavy atom. The zero-order valence-corrected chi connectivity index (χ0v) is 16.3. The molecule has 2 aromatic rings. The Bertz CT molecular complexity index is 850. The minimum atomic E-state index is -3.62. The van der Waals surface area contributed by atoms with Gasteiger partial charge in [0.2, 0.25) is 0 Å². The Labute approximate surface area is 160 Å². The lowest BCUT2D eigenvalue weighted by molar-refractivity contribution is 0.353. The molecule has 0 unspecified atom stereocenters. The number of hydrogen-bond acceptors (Lipinski definition) is 3. The third-order valence-corrected chi connectivity index (χ3v) is 6.81. The molecule has 1 saturated heterocycles. The van der Waals surface area contributed by atoms with E-state index in [4.69, 9.17) is 4.74 Å². The lowest BCUT2D eigenvalue weighted by Gasteiger charge is -2.27. The lowest BCUT2D eigenvalue weighted by Crippen LogP contribution is -2.43. The van der Waals surface area contributed by atoms with E-state index >= 15 is 0 Å². The lowest BCUT2D eigenvalue weighted by atomic mass is 10.1. The largest absolute Gasteiger partial charge is 0.497 e. The highest BCUT2D eigenvalue weighted by atomic mass is 32.2. The first-order chi connectivity index (χ1) is 13.0. The molecule has 1 fully saturated rings. The fourth-order valence-electron chi connectivity index (χ4n) is 3.22. The van der Waals surface area contributed by atoms with Crippen molar-refractivity contribution in [1.29, 1.82) is 0 Å². The molecule has 0 saturated carbocycles. The molecule has 27 heavy (non-hydrogen) atoms. The van der Waals surface area contributed by atoms with E-state index < -0.39 is 10.2 Å². The molecule has 146 valence electrons. The Morgan fingerprint density at radius 2 is 1.74 bits per heavy atom. The first-order valence-corrected chi connectivity index (χ1v) is 10.5. The first kappa shape index (κ1) is 19.8. The molecule has 0 atom stereocenters. The molecular weight excluding hydrogens is 367 g/mol. The van der Waals surface area contributed by atoms with Gasteiger partial charge in [-0.15, -0.1) is 0 Å². The summed E-state index contributed by atoms with van der Waals surface area (Å²) in [4.78, 5) is 0. The molecule has 3 rings (SSSR count). The highest BCUT2D eigenvalue weighted by molar-refractivity contribution is 7.86. The maximum absolute atomic E-state index is 14.1. The number of rotatable bonds is 8. The van der Waals surface area contributed by atoms with E-state index in [1.807, 2.05) is 24.3 Å². The van der Waals surface area contributed by atoms with E-state index in [0.29, 0.717) is 31.6 Å². The molecule has 0 aliphatic carbocycles. The number of ether oxygens (including phenoxy) is 1. The summed E-state index contributed by atoms with van der Waals surface area (Å²) in [6, 6.07) is 13.9. The number of nitrogens with zero attached hydrogens (tertiary/aromatic N) is 2.